The van der Waals surface area contributed by atoms with E-state index in [2.05, 4.69) is 65.0 Å². The molecule has 2 aliphatic rings. The lowest BCUT2D eigenvalue weighted by molar-refractivity contribution is -0.126. The minimum absolute atomic E-state index is 0.0570. The molecule has 1 saturated heterocycles. The van der Waals surface area contributed by atoms with Crippen molar-refractivity contribution in [2.45, 2.75) is 25.9 Å². The Morgan fingerprint density at radius 3 is 2.49 bits per heavy atom. The second-order valence-electron chi connectivity index (χ2n) is 11.2. The summed E-state index contributed by atoms with van der Waals surface area (Å²) >= 11 is 0. The number of likely N-dealkylation sites (N-methyl/N-ethyl adjacent to an activating group) is 1. The maximum absolute atomic E-state index is 13.5. The number of carbonyl (C=O) groups excluding carboxylic acids is 2. The van der Waals surface area contributed by atoms with E-state index < -0.39 is 6.04 Å². The fraction of sp³-hybridized carbons (Fsp3) is 0.406. The zero-order valence-corrected chi connectivity index (χ0v) is 24.3. The Labute approximate surface area is 242 Å². The zero-order chi connectivity index (χ0) is 29.1. The molecule has 1 aromatic heterocycles. The van der Waals surface area contributed by atoms with Gasteiger partial charge in [0.2, 0.25) is 5.91 Å². The highest BCUT2D eigenvalue weighted by Crippen LogP contribution is 2.35. The average Bonchev–Trinajstić information content (AvgIpc) is 2.99. The highest BCUT2D eigenvalue weighted by atomic mass is 16.3. The lowest BCUT2D eigenvalue weighted by Crippen LogP contribution is -2.49. The van der Waals surface area contributed by atoms with Gasteiger partial charge in [-0.3, -0.25) is 9.59 Å². The van der Waals surface area contributed by atoms with Crippen LogP contribution in [0, 0.1) is 6.92 Å². The summed E-state index contributed by atoms with van der Waals surface area (Å²) in [5, 5.41) is 15.3. The van der Waals surface area contributed by atoms with Crippen LogP contribution in [0.15, 0.2) is 55.1 Å². The Morgan fingerprint density at radius 2 is 1.80 bits per heavy atom. The van der Waals surface area contributed by atoms with Gasteiger partial charge in [-0.25, -0.2) is 4.98 Å². The Hall–Kier alpha value is -3.95. The van der Waals surface area contributed by atoms with Crippen molar-refractivity contribution in [2.75, 3.05) is 69.8 Å². The van der Waals surface area contributed by atoms with Crippen molar-refractivity contribution in [1.82, 2.24) is 20.1 Å². The van der Waals surface area contributed by atoms with Crippen LogP contribution < -0.4 is 15.1 Å². The van der Waals surface area contributed by atoms with Crippen LogP contribution in [0.5, 0.6) is 0 Å². The van der Waals surface area contributed by atoms with Crippen LogP contribution in [0.4, 0.5) is 11.4 Å². The predicted molar refractivity (Wildman–Crippen MR) is 164 cm³/mol. The number of aliphatic hydroxyl groups is 1. The molecule has 2 N–H and O–H groups in total. The summed E-state index contributed by atoms with van der Waals surface area (Å²) in [6.45, 7) is 10.1. The molecule has 0 aliphatic carbocycles. The maximum atomic E-state index is 13.5. The number of amides is 2. The fourth-order valence-electron chi connectivity index (χ4n) is 6.04. The molecule has 1 unspecified atom stereocenters. The molecule has 41 heavy (non-hydrogen) atoms. The van der Waals surface area contributed by atoms with Gasteiger partial charge in [-0.15, -0.1) is 0 Å². The molecule has 0 radical (unpaired) electrons. The topological polar surface area (TPSA) is 92.2 Å². The summed E-state index contributed by atoms with van der Waals surface area (Å²) in [5.74, 6) is -0.355. The van der Waals surface area contributed by atoms with Gasteiger partial charge < -0.3 is 30.0 Å². The molecular formula is C32H40N6O3. The highest BCUT2D eigenvalue weighted by Gasteiger charge is 2.29. The minimum Gasteiger partial charge on any atom is -0.394 e. The standard InChI is InChI=1S/C32H40N6O3/c1-5-30(40)37-16-14-36(15-17-37)29-18-26(32(41)33-24(21-39)19-35(3)4)34-27-20-38(13-12-25(27)29)28-11-7-10-23-9-6-8-22(2)31(23)28/h5-11,18,24,39H,1,12-17,19-21H2,2-4H3,(H,33,41). The number of carbonyl (C=O) groups is 2. The summed E-state index contributed by atoms with van der Waals surface area (Å²) in [7, 11) is 3.81. The van der Waals surface area contributed by atoms with E-state index in [1.165, 1.54) is 28.1 Å². The lowest BCUT2D eigenvalue weighted by Gasteiger charge is -2.39. The predicted octanol–water partition coefficient (Wildman–Crippen LogP) is 2.59. The second-order valence-corrected chi connectivity index (χ2v) is 11.2. The maximum Gasteiger partial charge on any atom is 0.270 e. The molecule has 0 saturated carbocycles. The van der Waals surface area contributed by atoms with Gasteiger partial charge in [-0.1, -0.05) is 36.9 Å². The first-order valence-corrected chi connectivity index (χ1v) is 14.3. The first-order valence-electron chi connectivity index (χ1n) is 14.3. The molecule has 216 valence electrons. The van der Waals surface area contributed by atoms with Gasteiger partial charge in [0.25, 0.3) is 5.91 Å². The Kier molecular flexibility index (Phi) is 8.56. The van der Waals surface area contributed by atoms with E-state index in [1.807, 2.05) is 30.0 Å². The van der Waals surface area contributed by atoms with Gasteiger partial charge >= 0.3 is 0 Å². The molecular weight excluding hydrogens is 516 g/mol. The van der Waals surface area contributed by atoms with E-state index in [-0.39, 0.29) is 18.4 Å². The van der Waals surface area contributed by atoms with Crippen molar-refractivity contribution >= 4 is 34.0 Å². The number of anilines is 2. The molecule has 3 aromatic rings. The van der Waals surface area contributed by atoms with Gasteiger partial charge in [0.1, 0.15) is 5.69 Å². The van der Waals surface area contributed by atoms with Crippen LogP contribution in [-0.2, 0) is 17.8 Å². The van der Waals surface area contributed by atoms with Crippen molar-refractivity contribution in [2.24, 2.45) is 0 Å². The summed E-state index contributed by atoms with van der Waals surface area (Å²) in [6, 6.07) is 14.3. The first-order chi connectivity index (χ1) is 19.8. The van der Waals surface area contributed by atoms with E-state index in [0.29, 0.717) is 45.0 Å². The quantitative estimate of drug-likeness (QED) is 0.412. The monoisotopic (exact) mass is 556 g/mol. The fourth-order valence-corrected chi connectivity index (χ4v) is 6.04. The van der Waals surface area contributed by atoms with Crippen molar-refractivity contribution in [1.29, 1.82) is 0 Å². The number of piperazine rings is 1. The molecule has 2 amide bonds. The Balaban J connectivity index is 1.49. The van der Waals surface area contributed by atoms with Crippen molar-refractivity contribution in [3.8, 4) is 0 Å². The molecule has 9 nitrogen and oxygen atoms in total. The summed E-state index contributed by atoms with van der Waals surface area (Å²) in [6.07, 6.45) is 2.16. The third-order valence-electron chi connectivity index (χ3n) is 8.07. The SMILES string of the molecule is C=CC(=O)N1CCN(c2cc(C(=O)NC(CO)CN(C)C)nc3c2CCN(c2cccc4cccc(C)c24)C3)CC1. The third-order valence-corrected chi connectivity index (χ3v) is 8.07. The van der Waals surface area contributed by atoms with Crippen LogP contribution >= 0.6 is 0 Å². The van der Waals surface area contributed by atoms with Crippen LogP contribution in [0.25, 0.3) is 10.8 Å². The minimum atomic E-state index is -0.401. The Morgan fingerprint density at radius 1 is 1.07 bits per heavy atom. The molecule has 2 aliphatic heterocycles. The molecule has 5 rings (SSSR count). The van der Waals surface area contributed by atoms with E-state index in [0.717, 1.165) is 29.9 Å². The molecule has 9 heteroatoms. The van der Waals surface area contributed by atoms with Crippen molar-refractivity contribution in [3.63, 3.8) is 0 Å². The summed E-state index contributed by atoms with van der Waals surface area (Å²) < 4.78 is 0. The molecule has 2 aromatic carbocycles. The van der Waals surface area contributed by atoms with Crippen LogP contribution in [0.2, 0.25) is 0 Å². The smallest absolute Gasteiger partial charge is 0.270 e. The normalized spacial score (nSPS) is 16.1. The van der Waals surface area contributed by atoms with Gasteiger partial charge in [0, 0.05) is 61.6 Å². The van der Waals surface area contributed by atoms with Crippen molar-refractivity contribution in [3.05, 3.63) is 77.6 Å². The number of rotatable bonds is 8. The molecule has 1 atom stereocenters. The molecule has 1 fully saturated rings. The van der Waals surface area contributed by atoms with Gasteiger partial charge in [-0.05, 0) is 56.6 Å². The lowest BCUT2D eigenvalue weighted by atomic mass is 9.97. The number of pyridine rings is 1. The van der Waals surface area contributed by atoms with E-state index >= 15 is 0 Å². The van der Waals surface area contributed by atoms with Gasteiger partial charge in [0.15, 0.2) is 0 Å². The van der Waals surface area contributed by atoms with E-state index in [1.54, 1.807) is 0 Å². The first kappa shape index (κ1) is 28.6. The highest BCUT2D eigenvalue weighted by molar-refractivity contribution is 5.97. The number of hydrogen-bond acceptors (Lipinski definition) is 7. The van der Waals surface area contributed by atoms with Crippen molar-refractivity contribution < 1.29 is 14.7 Å². The number of aromatic nitrogens is 1. The largest absolute Gasteiger partial charge is 0.394 e. The zero-order valence-electron chi connectivity index (χ0n) is 24.3. The Bertz CT molecular complexity index is 1440. The summed E-state index contributed by atoms with van der Waals surface area (Å²) in [5.41, 5.74) is 5.80. The molecule has 3 heterocycles. The van der Waals surface area contributed by atoms with Crippen LogP contribution in [-0.4, -0.2) is 97.7 Å². The number of aliphatic hydroxyl groups excluding tert-OH is 1. The number of nitrogens with one attached hydrogen (secondary N) is 1. The van der Waals surface area contributed by atoms with E-state index in [4.69, 9.17) is 4.98 Å². The second kappa shape index (κ2) is 12.3. The van der Waals surface area contributed by atoms with E-state index in [9.17, 15) is 14.7 Å². The van der Waals surface area contributed by atoms with Crippen LogP contribution in [0.1, 0.15) is 27.3 Å². The van der Waals surface area contributed by atoms with Crippen LogP contribution in [0.3, 0.4) is 0 Å². The third kappa shape index (κ3) is 6.06. The van der Waals surface area contributed by atoms with Gasteiger partial charge in [0.05, 0.1) is 24.9 Å². The number of nitrogens with zero attached hydrogens (tertiary/aromatic N) is 5. The van der Waals surface area contributed by atoms with Gasteiger partial charge in [-0.2, -0.15) is 0 Å². The molecule has 0 spiro atoms. The number of aryl methyl sites for hydroxylation is 1. The average molecular weight is 557 g/mol. The molecule has 0 bridgehead atoms. The number of fused-ring (bicyclic) bond motifs is 2. The number of benzene rings is 2. The summed E-state index contributed by atoms with van der Waals surface area (Å²) in [4.78, 5) is 38.9. The number of hydrogen-bond donors (Lipinski definition) is 2.